The molecule has 2 aliphatic rings. The van der Waals surface area contributed by atoms with E-state index in [1.165, 1.54) is 0 Å². The molecule has 2 aromatic carbocycles. The highest BCUT2D eigenvalue weighted by Gasteiger charge is 2.27. The highest BCUT2D eigenvalue weighted by atomic mass is 19.1. The first-order chi connectivity index (χ1) is 24.3. The van der Waals surface area contributed by atoms with Crippen molar-refractivity contribution in [3.63, 3.8) is 0 Å². The molecule has 50 heavy (non-hydrogen) atoms. The number of halogens is 1. The average Bonchev–Trinajstić information content (AvgIpc) is 3.57. The smallest absolute Gasteiger partial charge is 0.271 e. The molecule has 0 radical (unpaired) electrons. The molecule has 1 aliphatic carbocycles. The Bertz CT molecular complexity index is 2020. The lowest BCUT2D eigenvalue weighted by Gasteiger charge is -2.29. The molecule has 3 N–H and O–H groups in total. The third-order valence-corrected chi connectivity index (χ3v) is 9.33. The van der Waals surface area contributed by atoms with E-state index in [0.29, 0.717) is 56.9 Å². The second kappa shape index (κ2) is 14.7. The summed E-state index contributed by atoms with van der Waals surface area (Å²) in [6.07, 6.45) is 5.39. The van der Waals surface area contributed by atoms with Gasteiger partial charge in [-0.2, -0.15) is 0 Å². The van der Waals surface area contributed by atoms with Crippen molar-refractivity contribution in [3.05, 3.63) is 107 Å². The number of phenolic OH excluding ortho intramolecular Hbond substituents is 1. The number of amides is 2. The van der Waals surface area contributed by atoms with Gasteiger partial charge < -0.3 is 29.6 Å². The van der Waals surface area contributed by atoms with Crippen molar-refractivity contribution in [1.29, 1.82) is 0 Å². The molecule has 1 saturated heterocycles. The van der Waals surface area contributed by atoms with Gasteiger partial charge >= 0.3 is 0 Å². The van der Waals surface area contributed by atoms with Gasteiger partial charge in [0.25, 0.3) is 11.8 Å². The van der Waals surface area contributed by atoms with Crippen LogP contribution in [0.3, 0.4) is 0 Å². The highest BCUT2D eigenvalue weighted by molar-refractivity contribution is 5.96. The van der Waals surface area contributed by atoms with E-state index in [0.717, 1.165) is 53.4 Å². The maximum absolute atomic E-state index is 14.4. The summed E-state index contributed by atoms with van der Waals surface area (Å²) in [6, 6.07) is 19.3. The van der Waals surface area contributed by atoms with E-state index in [1.54, 1.807) is 24.4 Å². The number of aromatic hydroxyl groups is 1. The molecule has 1 aliphatic heterocycles. The number of aryl methyl sites for hydroxylation is 1. The molecule has 3 aromatic heterocycles. The normalized spacial score (nSPS) is 18.1. The number of hydrogen-bond donors (Lipinski definition) is 3. The molecule has 0 atom stereocenters. The molecule has 0 bridgehead atoms. The number of imidazole rings is 1. The first-order valence-electron chi connectivity index (χ1n) is 16.9. The molecular formula is C38H39FN6O5. The minimum absolute atomic E-state index is 0.00869. The van der Waals surface area contributed by atoms with E-state index >= 15 is 0 Å². The molecule has 5 aromatic rings. The maximum Gasteiger partial charge on any atom is 0.271 e. The van der Waals surface area contributed by atoms with E-state index in [9.17, 15) is 19.1 Å². The van der Waals surface area contributed by atoms with Gasteiger partial charge in [0, 0.05) is 43.6 Å². The fourth-order valence-corrected chi connectivity index (χ4v) is 6.66. The number of nitrogens with one attached hydrogen (secondary N) is 2. The van der Waals surface area contributed by atoms with Crippen molar-refractivity contribution in [3.8, 4) is 28.5 Å². The van der Waals surface area contributed by atoms with Crippen molar-refractivity contribution >= 4 is 17.5 Å². The third kappa shape index (κ3) is 7.61. The van der Waals surface area contributed by atoms with Crippen LogP contribution in [0.1, 0.15) is 57.8 Å². The highest BCUT2D eigenvalue weighted by Crippen LogP contribution is 2.33. The number of aromatic nitrogens is 3. The molecular weight excluding hydrogens is 639 g/mol. The first kappa shape index (κ1) is 33.2. The minimum Gasteiger partial charge on any atom is -0.508 e. The zero-order chi connectivity index (χ0) is 34.6. The zero-order valence-electron chi connectivity index (χ0n) is 27.8. The van der Waals surface area contributed by atoms with Crippen LogP contribution < -0.4 is 15.4 Å². The number of morpholine rings is 1. The van der Waals surface area contributed by atoms with Crippen LogP contribution in [0.25, 0.3) is 16.8 Å². The zero-order valence-corrected chi connectivity index (χ0v) is 27.8. The summed E-state index contributed by atoms with van der Waals surface area (Å²) in [7, 11) is 0. The number of hydrogen-bond acceptors (Lipinski definition) is 8. The Kier molecular flexibility index (Phi) is 9.72. The molecule has 11 nitrogen and oxygen atoms in total. The SMILES string of the molecule is Cc1cccc2nc(C(=O)N[C@H]3CC[C@H](NC(=O)c4cc(F)cnc4Oc4cccc(-c5ccc(O)cc5CN5CCOCC5)c4)CC3)cn12. The molecule has 12 heteroatoms. The van der Waals surface area contributed by atoms with E-state index < -0.39 is 11.7 Å². The van der Waals surface area contributed by atoms with Gasteiger partial charge in [-0.15, -0.1) is 0 Å². The Balaban J connectivity index is 0.994. The minimum atomic E-state index is -0.651. The fraction of sp³-hybridized carbons (Fsp3) is 0.316. The Morgan fingerprint density at radius 2 is 1.70 bits per heavy atom. The first-order valence-corrected chi connectivity index (χ1v) is 16.9. The summed E-state index contributed by atoms with van der Waals surface area (Å²) < 4.78 is 27.9. The lowest BCUT2D eigenvalue weighted by atomic mass is 9.91. The Hall–Kier alpha value is -5.33. The van der Waals surface area contributed by atoms with Crippen molar-refractivity contribution in [2.24, 2.45) is 0 Å². The molecule has 258 valence electrons. The molecule has 0 unspecified atom stereocenters. The van der Waals surface area contributed by atoms with Gasteiger partial charge in [-0.25, -0.2) is 14.4 Å². The summed E-state index contributed by atoms with van der Waals surface area (Å²) in [4.78, 5) is 37.3. The Labute approximate surface area is 289 Å². The van der Waals surface area contributed by atoms with Gasteiger partial charge in [-0.05, 0) is 91.8 Å². The lowest BCUT2D eigenvalue weighted by Crippen LogP contribution is -2.44. The number of benzene rings is 2. The van der Waals surface area contributed by atoms with Crippen LogP contribution in [0, 0.1) is 12.7 Å². The predicted octanol–water partition coefficient (Wildman–Crippen LogP) is 5.64. The van der Waals surface area contributed by atoms with Crippen molar-refractivity contribution in [2.45, 2.75) is 51.2 Å². The number of rotatable bonds is 9. The standard InChI is InChI=1S/C38H39FN6O5/c1-24-4-2-7-35-43-34(23-45(24)35)37(48)42-29-10-8-28(9-11-29)41-36(47)33-20-27(39)21-40-38(33)50-31-6-3-5-25(19-31)32-13-12-30(46)18-26(32)22-44-14-16-49-17-15-44/h2-7,12-13,18-21,23,28-29,46H,8-11,14-17,22H2,1H3,(H,41,47)(H,42,48)/t28-,29-. The van der Waals surface area contributed by atoms with E-state index in [1.807, 2.05) is 53.8 Å². The maximum atomic E-state index is 14.4. The summed E-state index contributed by atoms with van der Waals surface area (Å²) in [5, 5.41) is 16.3. The van der Waals surface area contributed by atoms with E-state index in [2.05, 4.69) is 25.5 Å². The molecule has 0 spiro atoms. The number of phenols is 1. The largest absolute Gasteiger partial charge is 0.508 e. The Morgan fingerprint density at radius 1 is 0.960 bits per heavy atom. The third-order valence-electron chi connectivity index (χ3n) is 9.33. The van der Waals surface area contributed by atoms with Crippen LogP contribution in [0.4, 0.5) is 4.39 Å². The number of fused-ring (bicyclic) bond motifs is 1. The Morgan fingerprint density at radius 3 is 2.46 bits per heavy atom. The van der Waals surface area contributed by atoms with E-state index in [-0.39, 0.29) is 35.2 Å². The van der Waals surface area contributed by atoms with Crippen molar-refractivity contribution < 1.29 is 28.6 Å². The van der Waals surface area contributed by atoms with Crippen LogP contribution in [-0.2, 0) is 11.3 Å². The monoisotopic (exact) mass is 678 g/mol. The topological polar surface area (TPSA) is 130 Å². The van der Waals surface area contributed by atoms with E-state index in [4.69, 9.17) is 9.47 Å². The van der Waals surface area contributed by atoms with Crippen LogP contribution in [0.15, 0.2) is 79.1 Å². The number of ether oxygens (including phenoxy) is 2. The fourth-order valence-electron chi connectivity index (χ4n) is 6.66. The second-order valence-electron chi connectivity index (χ2n) is 12.9. The predicted molar refractivity (Wildman–Crippen MR) is 185 cm³/mol. The van der Waals surface area contributed by atoms with Crippen LogP contribution >= 0.6 is 0 Å². The van der Waals surface area contributed by atoms with Gasteiger partial charge in [0.05, 0.1) is 19.4 Å². The van der Waals surface area contributed by atoms with Gasteiger partial charge in [0.15, 0.2) is 0 Å². The van der Waals surface area contributed by atoms with Crippen LogP contribution in [-0.4, -0.2) is 74.6 Å². The lowest BCUT2D eigenvalue weighted by molar-refractivity contribution is 0.0342. The number of pyridine rings is 2. The van der Waals surface area contributed by atoms with Gasteiger partial charge in [-0.1, -0.05) is 24.3 Å². The van der Waals surface area contributed by atoms with Gasteiger partial charge in [-0.3, -0.25) is 14.5 Å². The summed E-state index contributed by atoms with van der Waals surface area (Å²) in [5.74, 6) is -0.756. The number of carbonyl (C=O) groups excluding carboxylic acids is 2. The quantitative estimate of drug-likeness (QED) is 0.183. The molecule has 1 saturated carbocycles. The summed E-state index contributed by atoms with van der Waals surface area (Å²) >= 11 is 0. The van der Waals surface area contributed by atoms with Crippen molar-refractivity contribution in [2.75, 3.05) is 26.3 Å². The summed E-state index contributed by atoms with van der Waals surface area (Å²) in [5.41, 5.74) is 4.82. The number of nitrogens with zero attached hydrogens (tertiary/aromatic N) is 4. The summed E-state index contributed by atoms with van der Waals surface area (Å²) in [6.45, 7) is 5.56. The molecule has 7 rings (SSSR count). The molecule has 2 amide bonds. The molecule has 2 fully saturated rings. The average molecular weight is 679 g/mol. The van der Waals surface area contributed by atoms with Crippen LogP contribution in [0.5, 0.6) is 17.4 Å². The van der Waals surface area contributed by atoms with Gasteiger partial charge in [0.2, 0.25) is 5.88 Å². The molecule has 4 heterocycles. The van der Waals surface area contributed by atoms with Gasteiger partial charge in [0.1, 0.15) is 34.2 Å². The van der Waals surface area contributed by atoms with Crippen LogP contribution in [0.2, 0.25) is 0 Å². The number of carbonyl (C=O) groups is 2. The second-order valence-corrected chi connectivity index (χ2v) is 12.9. The van der Waals surface area contributed by atoms with Crippen molar-refractivity contribution in [1.82, 2.24) is 29.9 Å².